The predicted octanol–water partition coefficient (Wildman–Crippen LogP) is 4.06. The first-order chi connectivity index (χ1) is 16.5. The Morgan fingerprint density at radius 2 is 1.82 bits per heavy atom. The normalized spacial score (nSPS) is 17.3. The number of nitrogens with zero attached hydrogens (tertiary/aromatic N) is 4. The monoisotopic (exact) mass is 464 g/mol. The maximum Gasteiger partial charge on any atom is 0.224 e. The second kappa shape index (κ2) is 11.5. The fourth-order valence-corrected chi connectivity index (χ4v) is 4.73. The molecule has 0 radical (unpaired) electrons. The van der Waals surface area contributed by atoms with Crippen LogP contribution in [0.2, 0.25) is 0 Å². The van der Waals surface area contributed by atoms with Crippen molar-refractivity contribution in [3.8, 4) is 0 Å². The van der Waals surface area contributed by atoms with E-state index in [2.05, 4.69) is 33.6 Å². The van der Waals surface area contributed by atoms with Crippen LogP contribution in [-0.2, 0) is 6.42 Å². The van der Waals surface area contributed by atoms with Crippen molar-refractivity contribution < 1.29 is 0 Å². The zero-order valence-corrected chi connectivity index (χ0v) is 20.7. The molecule has 2 aromatic rings. The third-order valence-corrected chi connectivity index (χ3v) is 7.07. The van der Waals surface area contributed by atoms with Crippen molar-refractivity contribution in [1.29, 1.82) is 0 Å². The number of anilines is 2. The number of likely N-dealkylation sites (N-methyl/N-ethyl adjacent to an activating group) is 1. The van der Waals surface area contributed by atoms with Crippen LogP contribution in [0.1, 0.15) is 68.3 Å². The third-order valence-electron chi connectivity index (χ3n) is 7.07. The first-order valence-electron chi connectivity index (χ1n) is 12.7. The maximum absolute atomic E-state index is 6.54. The molecule has 0 spiro atoms. The molecule has 34 heavy (non-hydrogen) atoms. The van der Waals surface area contributed by atoms with E-state index >= 15 is 0 Å². The van der Waals surface area contributed by atoms with Gasteiger partial charge in [-0.25, -0.2) is 10.8 Å². The molecule has 2 saturated carbocycles. The van der Waals surface area contributed by atoms with E-state index in [4.69, 9.17) is 16.6 Å². The average molecular weight is 465 g/mol. The first kappa shape index (κ1) is 24.3. The van der Waals surface area contributed by atoms with Gasteiger partial charge in [0, 0.05) is 25.5 Å². The first-order valence-corrected chi connectivity index (χ1v) is 12.7. The lowest BCUT2D eigenvalue weighted by Gasteiger charge is -2.23. The summed E-state index contributed by atoms with van der Waals surface area (Å²) < 4.78 is 0. The van der Waals surface area contributed by atoms with E-state index in [0.717, 1.165) is 47.7 Å². The maximum atomic E-state index is 6.54. The van der Waals surface area contributed by atoms with Gasteiger partial charge in [-0.1, -0.05) is 51.0 Å². The highest BCUT2D eigenvalue weighted by molar-refractivity contribution is 5.64. The summed E-state index contributed by atoms with van der Waals surface area (Å²) in [6, 6.07) is 6.09. The molecule has 2 fully saturated rings. The van der Waals surface area contributed by atoms with Crippen LogP contribution in [0.3, 0.4) is 0 Å². The average Bonchev–Trinajstić information content (AvgIpc) is 3.66. The van der Waals surface area contributed by atoms with Gasteiger partial charge >= 0.3 is 0 Å². The van der Waals surface area contributed by atoms with E-state index in [1.165, 1.54) is 61.9 Å². The van der Waals surface area contributed by atoms with Crippen LogP contribution in [0.25, 0.3) is 5.70 Å². The van der Waals surface area contributed by atoms with E-state index in [9.17, 15) is 0 Å². The van der Waals surface area contributed by atoms with Gasteiger partial charge in [0.1, 0.15) is 5.82 Å². The van der Waals surface area contributed by atoms with E-state index in [1.807, 2.05) is 12.1 Å². The van der Waals surface area contributed by atoms with Crippen molar-refractivity contribution in [2.45, 2.75) is 64.7 Å². The summed E-state index contributed by atoms with van der Waals surface area (Å²) in [6.45, 7) is 3.41. The molecule has 2 heterocycles. The summed E-state index contributed by atoms with van der Waals surface area (Å²) in [7, 11) is 1.78. The number of aryl methyl sites for hydroxylation is 1. The predicted molar refractivity (Wildman–Crippen MR) is 139 cm³/mol. The van der Waals surface area contributed by atoms with Gasteiger partial charge in [-0.3, -0.25) is 4.98 Å². The van der Waals surface area contributed by atoms with Crippen LogP contribution < -0.4 is 22.2 Å². The summed E-state index contributed by atoms with van der Waals surface area (Å²) in [5.74, 6) is 9.16. The minimum atomic E-state index is 0.398. The lowest BCUT2D eigenvalue weighted by atomic mass is 9.84. The molecule has 2 aromatic heterocycles. The summed E-state index contributed by atoms with van der Waals surface area (Å²) in [5, 5.41) is 8.18. The molecule has 184 valence electrons. The molecular weight excluding hydrogens is 424 g/mol. The Bertz CT molecular complexity index is 977. The second-order valence-corrected chi connectivity index (χ2v) is 9.90. The van der Waals surface area contributed by atoms with E-state index in [1.54, 1.807) is 13.2 Å². The topological polar surface area (TPSA) is 118 Å². The van der Waals surface area contributed by atoms with Gasteiger partial charge in [-0.05, 0) is 49.3 Å². The molecule has 2 aliphatic carbocycles. The van der Waals surface area contributed by atoms with Gasteiger partial charge in [0.2, 0.25) is 5.95 Å². The van der Waals surface area contributed by atoms with Crippen molar-refractivity contribution in [2.75, 3.05) is 30.8 Å². The third kappa shape index (κ3) is 6.82. The summed E-state index contributed by atoms with van der Waals surface area (Å²) >= 11 is 0. The van der Waals surface area contributed by atoms with Crippen LogP contribution >= 0.6 is 0 Å². The second-order valence-electron chi connectivity index (χ2n) is 9.90. The molecule has 0 aromatic carbocycles. The van der Waals surface area contributed by atoms with Crippen LogP contribution in [0.5, 0.6) is 0 Å². The molecule has 0 bridgehead atoms. The molecule has 0 amide bonds. The minimum Gasteiger partial charge on any atom is -0.395 e. The van der Waals surface area contributed by atoms with Crippen molar-refractivity contribution >= 4 is 17.5 Å². The Kier molecular flexibility index (Phi) is 8.21. The molecule has 2 aliphatic rings. The Balaban J connectivity index is 1.40. The molecular formula is C26H40N8. The largest absolute Gasteiger partial charge is 0.395 e. The summed E-state index contributed by atoms with van der Waals surface area (Å²) in [5.41, 5.74) is 11.0. The van der Waals surface area contributed by atoms with Crippen molar-refractivity contribution in [1.82, 2.24) is 20.0 Å². The standard InChI is InChI=1S/C26H40N8/c1-18-21(16-20-6-4-3-5-7-20)10-11-22(32-18)25(27)23(34(2)28)17-31-26-30-15-13-24(33-26)29-14-12-19-8-9-19/h10-11,13,15,19-20H,3-9,12,14,16-17,27-28H2,1-2H3,(H2,29,30,31,33)/b25-23-. The van der Waals surface area contributed by atoms with Crippen LogP contribution in [0.4, 0.5) is 11.8 Å². The Labute approximate surface area is 203 Å². The highest BCUT2D eigenvalue weighted by Gasteiger charge is 2.20. The van der Waals surface area contributed by atoms with Gasteiger partial charge < -0.3 is 21.4 Å². The molecule has 0 unspecified atom stereocenters. The Morgan fingerprint density at radius 3 is 2.53 bits per heavy atom. The van der Waals surface area contributed by atoms with Crippen molar-refractivity contribution in [3.63, 3.8) is 0 Å². The van der Waals surface area contributed by atoms with Gasteiger partial charge in [-0.2, -0.15) is 4.98 Å². The summed E-state index contributed by atoms with van der Waals surface area (Å²) in [6.07, 6.45) is 13.5. The van der Waals surface area contributed by atoms with Crippen LogP contribution in [-0.4, -0.2) is 40.1 Å². The SMILES string of the molecule is Cc1nc(/C(N)=C(\CNc2nccc(NCCC3CC3)n2)N(C)N)ccc1CC1CCCCC1. The quantitative estimate of drug-likeness (QED) is 0.290. The fraction of sp³-hybridized carbons (Fsp3) is 0.577. The van der Waals surface area contributed by atoms with Crippen LogP contribution in [0.15, 0.2) is 30.1 Å². The number of hydrogen-bond donors (Lipinski definition) is 4. The lowest BCUT2D eigenvalue weighted by molar-refractivity contribution is 0.356. The number of nitrogens with two attached hydrogens (primary N) is 2. The van der Waals surface area contributed by atoms with Gasteiger partial charge in [0.05, 0.1) is 23.6 Å². The van der Waals surface area contributed by atoms with Gasteiger partial charge in [-0.15, -0.1) is 0 Å². The van der Waals surface area contributed by atoms with Crippen LogP contribution in [0, 0.1) is 18.8 Å². The number of hydrogen-bond acceptors (Lipinski definition) is 8. The molecule has 6 N–H and O–H groups in total. The molecule has 8 nitrogen and oxygen atoms in total. The zero-order chi connectivity index (χ0) is 23.9. The number of hydrazine groups is 1. The Hall–Kier alpha value is -2.87. The van der Waals surface area contributed by atoms with Crippen molar-refractivity contribution in [2.24, 2.45) is 23.4 Å². The molecule has 0 aliphatic heterocycles. The number of pyridine rings is 1. The lowest BCUT2D eigenvalue weighted by Crippen LogP contribution is -2.32. The Morgan fingerprint density at radius 1 is 1.03 bits per heavy atom. The number of nitrogens with one attached hydrogen (secondary N) is 2. The highest BCUT2D eigenvalue weighted by Crippen LogP contribution is 2.32. The van der Waals surface area contributed by atoms with Crippen molar-refractivity contribution in [3.05, 3.63) is 47.0 Å². The molecule has 8 heteroatoms. The molecule has 0 saturated heterocycles. The van der Waals surface area contributed by atoms with E-state index in [0.29, 0.717) is 18.2 Å². The van der Waals surface area contributed by atoms with E-state index in [-0.39, 0.29) is 0 Å². The number of aromatic nitrogens is 3. The van der Waals surface area contributed by atoms with Gasteiger partial charge in [0.15, 0.2) is 0 Å². The zero-order valence-electron chi connectivity index (χ0n) is 20.7. The van der Waals surface area contributed by atoms with Gasteiger partial charge in [0.25, 0.3) is 0 Å². The smallest absolute Gasteiger partial charge is 0.224 e. The number of rotatable bonds is 11. The summed E-state index contributed by atoms with van der Waals surface area (Å²) in [4.78, 5) is 13.7. The highest BCUT2D eigenvalue weighted by atomic mass is 15.4. The molecule has 4 rings (SSSR count). The fourth-order valence-electron chi connectivity index (χ4n) is 4.73. The van der Waals surface area contributed by atoms with E-state index < -0.39 is 0 Å². The molecule has 0 atom stereocenters. The minimum absolute atomic E-state index is 0.398.